The quantitative estimate of drug-likeness (QED) is 0.449. The van der Waals surface area contributed by atoms with Crippen molar-refractivity contribution in [1.29, 1.82) is 0 Å². The molecule has 4 aliphatic carbocycles. The van der Waals surface area contributed by atoms with E-state index in [4.69, 9.17) is 0 Å². The smallest absolute Gasteiger partial charge is 0.190 e. The number of fused-ring (bicyclic) bond motifs is 3. The summed E-state index contributed by atoms with van der Waals surface area (Å²) in [5, 5.41) is 24.2. The Morgan fingerprint density at radius 2 is 1.61 bits per heavy atom. The highest BCUT2D eigenvalue weighted by atomic mass is 16.3. The molecule has 0 aromatic heterocycles. The standard InChI is InChI=1S/C36H46O8/c1-16(2)26-29(40)24(18(4)37)31(42)36(44)32(43)27-30(41)25-20(13-14-21(28(25)39)33(5,6)7)17(3)34(27,8)23(35(26,36)9)15-22(38)19-11-10-12-19/h13-14,16-17,19,23-24,26-27,39,44H,10-12,15H2,1-9H3/t17-,23-,24?,26?,27?,34-,35-,36+/m1/s1. The Morgan fingerprint density at radius 1 is 1.02 bits per heavy atom. The van der Waals surface area contributed by atoms with Crippen molar-refractivity contribution in [3.63, 3.8) is 0 Å². The zero-order chi connectivity index (χ0) is 33.1. The summed E-state index contributed by atoms with van der Waals surface area (Å²) in [5.74, 6) is -11.5. The summed E-state index contributed by atoms with van der Waals surface area (Å²) in [4.78, 5) is 84.5. The Kier molecular flexibility index (Phi) is 7.36. The molecule has 1 aromatic carbocycles. The van der Waals surface area contributed by atoms with E-state index < -0.39 is 86.3 Å². The lowest BCUT2D eigenvalue weighted by Crippen LogP contribution is -2.80. The van der Waals surface area contributed by atoms with E-state index in [0.717, 1.165) is 13.3 Å². The average molecular weight is 607 g/mol. The third-order valence-corrected chi connectivity index (χ3v) is 12.3. The van der Waals surface area contributed by atoms with E-state index in [0.29, 0.717) is 24.0 Å². The van der Waals surface area contributed by atoms with E-state index in [1.165, 1.54) is 0 Å². The van der Waals surface area contributed by atoms with Crippen LogP contribution in [0.1, 0.15) is 115 Å². The molecule has 8 nitrogen and oxygen atoms in total. The Labute approximate surface area is 259 Å². The van der Waals surface area contributed by atoms with Gasteiger partial charge in [0.15, 0.2) is 28.7 Å². The maximum atomic E-state index is 14.9. The maximum Gasteiger partial charge on any atom is 0.190 e. The summed E-state index contributed by atoms with van der Waals surface area (Å²) in [5.41, 5.74) is -5.45. The van der Waals surface area contributed by atoms with Crippen molar-refractivity contribution in [2.45, 2.75) is 105 Å². The molecule has 3 saturated carbocycles. The highest BCUT2D eigenvalue weighted by Gasteiger charge is 2.80. The molecule has 3 fully saturated rings. The van der Waals surface area contributed by atoms with Gasteiger partial charge in [0.05, 0.1) is 11.5 Å². The molecule has 5 rings (SSSR count). The molecule has 8 atom stereocenters. The lowest BCUT2D eigenvalue weighted by molar-refractivity contribution is -0.226. The van der Waals surface area contributed by atoms with E-state index >= 15 is 0 Å². The van der Waals surface area contributed by atoms with Crippen LogP contribution in [-0.4, -0.2) is 50.5 Å². The van der Waals surface area contributed by atoms with Gasteiger partial charge in [0.1, 0.15) is 23.2 Å². The van der Waals surface area contributed by atoms with Crippen molar-refractivity contribution < 1.29 is 39.0 Å². The minimum absolute atomic E-state index is 0.0140. The third kappa shape index (κ3) is 3.85. The molecular formula is C36H46O8. The van der Waals surface area contributed by atoms with E-state index in [1.807, 2.05) is 27.7 Å². The van der Waals surface area contributed by atoms with Crippen LogP contribution in [0.4, 0.5) is 0 Å². The Morgan fingerprint density at radius 3 is 2.09 bits per heavy atom. The zero-order valence-corrected chi connectivity index (χ0v) is 27.4. The summed E-state index contributed by atoms with van der Waals surface area (Å²) < 4.78 is 0. The molecule has 4 aliphatic rings. The van der Waals surface area contributed by atoms with Gasteiger partial charge in [-0.3, -0.25) is 28.8 Å². The van der Waals surface area contributed by atoms with Gasteiger partial charge in [0.25, 0.3) is 0 Å². The number of aromatic hydroxyl groups is 1. The Hall–Kier alpha value is -3.00. The van der Waals surface area contributed by atoms with Crippen LogP contribution in [-0.2, 0) is 29.4 Å². The van der Waals surface area contributed by atoms with Gasteiger partial charge in [-0.15, -0.1) is 0 Å². The number of benzene rings is 1. The summed E-state index contributed by atoms with van der Waals surface area (Å²) in [6.07, 6.45) is 2.20. The average Bonchev–Trinajstić information content (AvgIpc) is 2.86. The molecule has 0 spiro atoms. The van der Waals surface area contributed by atoms with Crippen LogP contribution in [0, 0.1) is 46.3 Å². The second-order valence-electron chi connectivity index (χ2n) is 15.8. The second kappa shape index (κ2) is 10.0. The van der Waals surface area contributed by atoms with Crippen LogP contribution < -0.4 is 0 Å². The molecule has 3 unspecified atom stereocenters. The second-order valence-corrected chi connectivity index (χ2v) is 15.8. The van der Waals surface area contributed by atoms with Crippen LogP contribution >= 0.6 is 0 Å². The number of ketones is 6. The monoisotopic (exact) mass is 606 g/mol. The molecule has 238 valence electrons. The normalized spacial score (nSPS) is 37.3. The molecule has 0 bridgehead atoms. The summed E-state index contributed by atoms with van der Waals surface area (Å²) >= 11 is 0. The molecule has 1 aromatic rings. The molecule has 0 amide bonds. The van der Waals surface area contributed by atoms with E-state index in [-0.39, 0.29) is 29.4 Å². The number of carbonyl (C=O) groups is 6. The van der Waals surface area contributed by atoms with Crippen LogP contribution in [0.25, 0.3) is 0 Å². The number of rotatable bonds is 5. The minimum atomic E-state index is -2.87. The van der Waals surface area contributed by atoms with Gasteiger partial charge in [-0.1, -0.05) is 73.9 Å². The lowest BCUT2D eigenvalue weighted by Gasteiger charge is -2.67. The fourth-order valence-electron chi connectivity index (χ4n) is 9.70. The molecule has 0 aliphatic heterocycles. The first-order valence-corrected chi connectivity index (χ1v) is 16.0. The van der Waals surface area contributed by atoms with E-state index in [2.05, 4.69) is 0 Å². The molecule has 0 heterocycles. The van der Waals surface area contributed by atoms with Gasteiger partial charge in [0.2, 0.25) is 0 Å². The molecule has 44 heavy (non-hydrogen) atoms. The molecular weight excluding hydrogens is 560 g/mol. The van der Waals surface area contributed by atoms with Crippen molar-refractivity contribution in [1.82, 2.24) is 0 Å². The van der Waals surface area contributed by atoms with Crippen molar-refractivity contribution in [3.8, 4) is 5.75 Å². The van der Waals surface area contributed by atoms with E-state index in [9.17, 15) is 39.0 Å². The number of carbonyl (C=O) groups excluding carboxylic acids is 6. The number of Topliss-reactive ketones (excluding diaryl/α,β-unsaturated/α-hetero) is 6. The first kappa shape index (κ1) is 32.4. The predicted octanol–water partition coefficient (Wildman–Crippen LogP) is 4.94. The number of hydrogen-bond donors (Lipinski definition) is 2. The number of phenolic OH excluding ortho intramolecular Hbond substituents is 1. The van der Waals surface area contributed by atoms with Crippen LogP contribution in [0.15, 0.2) is 12.1 Å². The zero-order valence-electron chi connectivity index (χ0n) is 27.4. The molecule has 0 radical (unpaired) electrons. The summed E-state index contributed by atoms with van der Waals surface area (Å²) in [7, 11) is 0. The Bertz CT molecular complexity index is 1510. The SMILES string of the molecule is CC(=O)C1C(=O)C(C(C)C)[C@@]2(C)[C@H](CC(=O)C3CCC3)[C@]3(C)C(C(=O)c4c(ccc(C(C)(C)C)c4O)[C@H]3C)C(=O)[C@@]2(O)C1=O. The highest BCUT2D eigenvalue weighted by molar-refractivity contribution is 6.33. The third-order valence-electron chi connectivity index (χ3n) is 12.3. The van der Waals surface area contributed by atoms with Crippen molar-refractivity contribution in [2.75, 3.05) is 0 Å². The minimum Gasteiger partial charge on any atom is -0.507 e. The van der Waals surface area contributed by atoms with Gasteiger partial charge in [-0.25, -0.2) is 0 Å². The van der Waals surface area contributed by atoms with Gasteiger partial charge in [0, 0.05) is 23.7 Å². The Balaban J connectivity index is 1.85. The van der Waals surface area contributed by atoms with Crippen molar-refractivity contribution in [3.05, 3.63) is 28.8 Å². The van der Waals surface area contributed by atoms with Gasteiger partial charge in [-0.2, -0.15) is 0 Å². The predicted molar refractivity (Wildman–Crippen MR) is 162 cm³/mol. The highest BCUT2D eigenvalue weighted by Crippen LogP contribution is 2.70. The van der Waals surface area contributed by atoms with Crippen LogP contribution in [0.3, 0.4) is 0 Å². The maximum absolute atomic E-state index is 14.9. The molecule has 8 heteroatoms. The topological polar surface area (TPSA) is 143 Å². The lowest BCUT2D eigenvalue weighted by atomic mass is 9.34. The van der Waals surface area contributed by atoms with Crippen LogP contribution in [0.5, 0.6) is 5.75 Å². The number of hydrogen-bond acceptors (Lipinski definition) is 8. The number of aliphatic hydroxyl groups is 1. The van der Waals surface area contributed by atoms with Crippen LogP contribution in [0.2, 0.25) is 0 Å². The molecule has 2 N–H and O–H groups in total. The van der Waals surface area contributed by atoms with Gasteiger partial charge in [-0.05, 0) is 59.5 Å². The van der Waals surface area contributed by atoms with Crippen molar-refractivity contribution in [2.24, 2.45) is 46.3 Å². The first-order chi connectivity index (χ1) is 20.2. The summed E-state index contributed by atoms with van der Waals surface area (Å²) in [6.45, 7) is 15.4. The van der Waals surface area contributed by atoms with Gasteiger partial charge < -0.3 is 10.2 Å². The largest absolute Gasteiger partial charge is 0.507 e. The van der Waals surface area contributed by atoms with E-state index in [1.54, 1.807) is 39.8 Å². The fourth-order valence-corrected chi connectivity index (χ4v) is 9.70. The van der Waals surface area contributed by atoms with Crippen molar-refractivity contribution >= 4 is 34.7 Å². The fraction of sp³-hybridized carbons (Fsp3) is 0.667. The first-order valence-electron chi connectivity index (χ1n) is 16.0. The number of phenols is 1. The summed E-state index contributed by atoms with van der Waals surface area (Å²) in [6, 6.07) is 3.57. The molecule has 0 saturated heterocycles. The van der Waals surface area contributed by atoms with Gasteiger partial charge >= 0.3 is 0 Å².